The molecule has 9 nitrogen and oxygen atoms in total. The third-order valence-electron chi connectivity index (χ3n) is 7.02. The lowest BCUT2D eigenvalue weighted by molar-refractivity contribution is -0.00110. The van der Waals surface area contributed by atoms with Gasteiger partial charge in [0.2, 0.25) is 0 Å². The Bertz CT molecular complexity index is 1510. The van der Waals surface area contributed by atoms with Gasteiger partial charge in [-0.15, -0.1) is 0 Å². The number of Topliss-reactive ketones (excluding diaryl/α,β-unsaturated/α-hetero) is 1. The number of ether oxygens (including phenoxy) is 3. The van der Waals surface area contributed by atoms with Crippen LogP contribution in [0.15, 0.2) is 54.9 Å². The van der Waals surface area contributed by atoms with Crippen LogP contribution in [0, 0.1) is 11.7 Å². The van der Waals surface area contributed by atoms with Gasteiger partial charge in [-0.3, -0.25) is 9.89 Å². The van der Waals surface area contributed by atoms with E-state index in [1.807, 2.05) is 0 Å². The van der Waals surface area contributed by atoms with Crippen molar-refractivity contribution >= 4 is 17.4 Å². The van der Waals surface area contributed by atoms with Crippen molar-refractivity contribution in [2.24, 2.45) is 5.92 Å². The van der Waals surface area contributed by atoms with E-state index in [9.17, 15) is 14.3 Å². The first-order valence-electron chi connectivity index (χ1n) is 12.7. The first-order valence-corrected chi connectivity index (χ1v) is 13.1. The van der Waals surface area contributed by atoms with E-state index in [4.69, 9.17) is 30.8 Å². The molecule has 0 radical (unpaired) electrons. The highest BCUT2D eigenvalue weighted by Gasteiger charge is 2.46. The number of carbonyl (C=O) groups is 1. The van der Waals surface area contributed by atoms with Gasteiger partial charge in [0.25, 0.3) is 0 Å². The maximum Gasteiger partial charge on any atom is 0.163 e. The number of nitrogens with zero attached hydrogens (tertiary/aromatic N) is 3. The Kier molecular flexibility index (Phi) is 7.99. The van der Waals surface area contributed by atoms with Gasteiger partial charge in [-0.2, -0.15) is 5.10 Å². The molecule has 1 saturated carbocycles. The molecular weight excluding hydrogens is 539 g/mol. The zero-order valence-corrected chi connectivity index (χ0v) is 22.7. The standard InChI is InChI=1S/C29H28ClFN4O5/c1-38-24-9-10-26(34-28(24)18-3-7-21(31)20(30)13-18)29(37,19-5-6-19)12-11-22(36)17-4-8-23(25(14-17)39-2)40-15-27-32-16-33-35-27/h3-4,7-10,13-14,16,19,37H,5-6,11-12,15H2,1-2H3,(H,32,33,35). The number of nitrogens with one attached hydrogen (secondary N) is 1. The minimum Gasteiger partial charge on any atom is -0.494 e. The Hall–Kier alpha value is -4.02. The van der Waals surface area contributed by atoms with Crippen molar-refractivity contribution in [2.45, 2.75) is 37.9 Å². The lowest BCUT2D eigenvalue weighted by atomic mass is 9.86. The summed E-state index contributed by atoms with van der Waals surface area (Å²) in [6, 6.07) is 12.7. The average Bonchev–Trinajstić information content (AvgIpc) is 3.71. The third kappa shape index (κ3) is 5.78. The Morgan fingerprint density at radius 2 is 1.88 bits per heavy atom. The van der Waals surface area contributed by atoms with Gasteiger partial charge in [0.15, 0.2) is 23.1 Å². The fourth-order valence-corrected chi connectivity index (χ4v) is 4.84. The quantitative estimate of drug-likeness (QED) is 0.215. The number of H-pyrrole nitrogens is 1. The van der Waals surface area contributed by atoms with Gasteiger partial charge in [0.1, 0.15) is 35.8 Å². The lowest BCUT2D eigenvalue weighted by Gasteiger charge is -2.28. The molecule has 1 aliphatic carbocycles. The molecule has 0 amide bonds. The van der Waals surface area contributed by atoms with Crippen LogP contribution in [0.2, 0.25) is 5.02 Å². The number of aromatic amines is 1. The van der Waals surface area contributed by atoms with Gasteiger partial charge in [-0.05, 0) is 73.7 Å². The van der Waals surface area contributed by atoms with Crippen LogP contribution in [-0.4, -0.2) is 45.3 Å². The summed E-state index contributed by atoms with van der Waals surface area (Å²) in [5, 5.41) is 18.3. The SMILES string of the molecule is COc1cc(C(=O)CCC(O)(c2ccc(OC)c(-c3ccc(F)c(Cl)c3)n2)C2CC2)ccc1OCc1ncn[nH]1. The molecule has 40 heavy (non-hydrogen) atoms. The second kappa shape index (κ2) is 11.6. The largest absolute Gasteiger partial charge is 0.494 e. The van der Waals surface area contributed by atoms with E-state index in [-0.39, 0.29) is 36.2 Å². The Labute approximate surface area is 235 Å². The molecule has 1 unspecified atom stereocenters. The average molecular weight is 567 g/mol. The molecule has 1 aliphatic rings. The molecule has 1 fully saturated rings. The van der Waals surface area contributed by atoms with Crippen LogP contribution >= 0.6 is 11.6 Å². The second-order valence-electron chi connectivity index (χ2n) is 9.58. The molecule has 2 N–H and O–H groups in total. The van der Waals surface area contributed by atoms with E-state index in [0.29, 0.717) is 45.6 Å². The van der Waals surface area contributed by atoms with Crippen molar-refractivity contribution in [3.05, 3.63) is 82.8 Å². The van der Waals surface area contributed by atoms with Crippen molar-refractivity contribution in [1.82, 2.24) is 20.2 Å². The number of methoxy groups -OCH3 is 2. The van der Waals surface area contributed by atoms with Crippen molar-refractivity contribution in [2.75, 3.05) is 14.2 Å². The van der Waals surface area contributed by atoms with Gasteiger partial charge >= 0.3 is 0 Å². The van der Waals surface area contributed by atoms with E-state index in [2.05, 4.69) is 15.2 Å². The molecule has 208 valence electrons. The number of pyridine rings is 1. The lowest BCUT2D eigenvalue weighted by Crippen LogP contribution is -2.30. The summed E-state index contributed by atoms with van der Waals surface area (Å²) in [6.45, 7) is 0.166. The summed E-state index contributed by atoms with van der Waals surface area (Å²) < 4.78 is 30.4. The van der Waals surface area contributed by atoms with Crippen LogP contribution in [0.25, 0.3) is 11.3 Å². The molecule has 0 saturated heterocycles. The monoisotopic (exact) mass is 566 g/mol. The van der Waals surface area contributed by atoms with Crippen LogP contribution in [0.3, 0.4) is 0 Å². The molecule has 0 spiro atoms. The fraction of sp³-hybridized carbons (Fsp3) is 0.310. The summed E-state index contributed by atoms with van der Waals surface area (Å²) in [5.74, 6) is 1.14. The highest BCUT2D eigenvalue weighted by molar-refractivity contribution is 6.31. The molecule has 11 heteroatoms. The van der Waals surface area contributed by atoms with Crippen LogP contribution in [-0.2, 0) is 12.2 Å². The fourth-order valence-electron chi connectivity index (χ4n) is 4.66. The van der Waals surface area contributed by atoms with Crippen LogP contribution in [0.5, 0.6) is 17.2 Å². The van der Waals surface area contributed by atoms with Crippen molar-refractivity contribution in [3.8, 4) is 28.5 Å². The predicted octanol–water partition coefficient (Wildman–Crippen LogP) is 5.52. The number of aromatic nitrogens is 4. The molecule has 2 aromatic heterocycles. The summed E-state index contributed by atoms with van der Waals surface area (Å²) in [4.78, 5) is 22.0. The van der Waals surface area contributed by atoms with E-state index in [0.717, 1.165) is 12.8 Å². The van der Waals surface area contributed by atoms with E-state index >= 15 is 0 Å². The molecular formula is C29H28ClFN4O5. The number of ketones is 1. The summed E-state index contributed by atoms with van der Waals surface area (Å²) in [6.07, 6.45) is 3.29. The number of halogens is 2. The van der Waals surface area contributed by atoms with E-state index in [1.165, 1.54) is 32.7 Å². The van der Waals surface area contributed by atoms with Crippen molar-refractivity contribution < 1.29 is 28.5 Å². The maximum absolute atomic E-state index is 13.8. The van der Waals surface area contributed by atoms with Gasteiger partial charge in [-0.25, -0.2) is 14.4 Å². The summed E-state index contributed by atoms with van der Waals surface area (Å²) in [7, 11) is 3.01. The zero-order valence-electron chi connectivity index (χ0n) is 22.0. The number of hydrogen-bond donors (Lipinski definition) is 2. The van der Waals surface area contributed by atoms with E-state index < -0.39 is 11.4 Å². The first-order chi connectivity index (χ1) is 19.3. The normalized spacial score (nSPS) is 14.4. The van der Waals surface area contributed by atoms with Gasteiger partial charge < -0.3 is 19.3 Å². The molecule has 1 atom stereocenters. The van der Waals surface area contributed by atoms with Crippen LogP contribution in [0.1, 0.15) is 47.6 Å². The van der Waals surface area contributed by atoms with Crippen LogP contribution in [0.4, 0.5) is 4.39 Å². The molecule has 0 bridgehead atoms. The highest BCUT2D eigenvalue weighted by atomic mass is 35.5. The first kappa shape index (κ1) is 27.5. The Morgan fingerprint density at radius 1 is 1.10 bits per heavy atom. The van der Waals surface area contributed by atoms with Gasteiger partial charge in [0, 0.05) is 17.5 Å². The number of hydrogen-bond acceptors (Lipinski definition) is 8. The molecule has 4 aromatic rings. The molecule has 2 aromatic carbocycles. The Morgan fingerprint density at radius 3 is 2.55 bits per heavy atom. The summed E-state index contributed by atoms with van der Waals surface area (Å²) >= 11 is 6.01. The highest BCUT2D eigenvalue weighted by Crippen LogP contribution is 2.49. The predicted molar refractivity (Wildman–Crippen MR) is 145 cm³/mol. The molecule has 2 heterocycles. The minimum absolute atomic E-state index is 0.0350. The molecule has 5 rings (SSSR count). The van der Waals surface area contributed by atoms with Crippen molar-refractivity contribution in [1.29, 1.82) is 0 Å². The van der Waals surface area contributed by atoms with Gasteiger partial charge in [-0.1, -0.05) is 11.6 Å². The smallest absolute Gasteiger partial charge is 0.163 e. The van der Waals surface area contributed by atoms with E-state index in [1.54, 1.807) is 36.4 Å². The number of aliphatic hydroxyl groups is 1. The Balaban J connectivity index is 1.35. The van der Waals surface area contributed by atoms with Crippen LogP contribution < -0.4 is 14.2 Å². The minimum atomic E-state index is -1.33. The van der Waals surface area contributed by atoms with Gasteiger partial charge in [0.05, 0.1) is 24.9 Å². The number of rotatable bonds is 12. The topological polar surface area (TPSA) is 119 Å². The summed E-state index contributed by atoms with van der Waals surface area (Å²) in [5.41, 5.74) is 0.513. The number of carbonyl (C=O) groups excluding carboxylic acids is 1. The number of benzene rings is 2. The zero-order chi connectivity index (χ0) is 28.3. The third-order valence-corrected chi connectivity index (χ3v) is 7.31. The maximum atomic E-state index is 13.8. The molecule has 0 aliphatic heterocycles. The second-order valence-corrected chi connectivity index (χ2v) is 9.99. The van der Waals surface area contributed by atoms with Crippen molar-refractivity contribution in [3.63, 3.8) is 0 Å².